The van der Waals surface area contributed by atoms with Gasteiger partial charge in [-0.1, -0.05) is 64.0 Å². The van der Waals surface area contributed by atoms with Crippen LogP contribution in [-0.4, -0.2) is 55.3 Å². The summed E-state index contributed by atoms with van der Waals surface area (Å²) in [4.78, 5) is 31.9. The highest BCUT2D eigenvalue weighted by molar-refractivity contribution is 7.12. The molecule has 5 nitrogen and oxygen atoms in total. The van der Waals surface area contributed by atoms with Gasteiger partial charge < -0.3 is 15.1 Å². The first kappa shape index (κ1) is 30.6. The molecule has 1 aromatic heterocycles. The Hall–Kier alpha value is -1.66. The van der Waals surface area contributed by atoms with Gasteiger partial charge in [0.15, 0.2) is 0 Å². The minimum absolute atomic E-state index is 0.0320. The normalized spacial score (nSPS) is 13.5. The van der Waals surface area contributed by atoms with Gasteiger partial charge in [0.1, 0.15) is 0 Å². The standard InChI is InChI=1S/C30H51N3O2S/c1-5-6-7-8-9-10-11-12-13-14-15-16-17-18-19-28(34)33-22-20-26-27(24-33)36-25(2)29(26)30(35)31-21-23-32(3)4/h11-12H,5-10,13-24H2,1-4H3,(H,31,35)/b12-11-. The third-order valence-electron chi connectivity index (χ3n) is 7.06. The summed E-state index contributed by atoms with van der Waals surface area (Å²) in [6, 6.07) is 0. The van der Waals surface area contributed by atoms with Crippen LogP contribution in [0, 0.1) is 6.92 Å². The van der Waals surface area contributed by atoms with Crippen molar-refractivity contribution < 1.29 is 9.59 Å². The van der Waals surface area contributed by atoms with Crippen molar-refractivity contribution >= 4 is 23.2 Å². The Balaban J connectivity index is 1.59. The highest BCUT2D eigenvalue weighted by atomic mass is 32.1. The van der Waals surface area contributed by atoms with Gasteiger partial charge in [0, 0.05) is 35.8 Å². The van der Waals surface area contributed by atoms with Crippen LogP contribution in [0.5, 0.6) is 0 Å². The summed E-state index contributed by atoms with van der Waals surface area (Å²) in [5.74, 6) is 0.301. The van der Waals surface area contributed by atoms with E-state index in [4.69, 9.17) is 0 Å². The fourth-order valence-corrected chi connectivity index (χ4v) is 6.10. The summed E-state index contributed by atoms with van der Waals surface area (Å²) in [6.45, 7) is 7.16. The van der Waals surface area contributed by atoms with Gasteiger partial charge in [0.05, 0.1) is 12.1 Å². The molecule has 0 unspecified atom stereocenters. The Bertz CT molecular complexity index is 815. The second kappa shape index (κ2) is 17.7. The minimum atomic E-state index is 0.0320. The van der Waals surface area contributed by atoms with E-state index in [1.54, 1.807) is 11.3 Å². The molecule has 204 valence electrons. The third kappa shape index (κ3) is 11.2. The molecule has 0 aliphatic carbocycles. The molecule has 36 heavy (non-hydrogen) atoms. The summed E-state index contributed by atoms with van der Waals surface area (Å²) in [6.07, 6.45) is 21.2. The fraction of sp³-hybridized carbons (Fsp3) is 0.733. The molecule has 1 aliphatic heterocycles. The van der Waals surface area contributed by atoms with Gasteiger partial charge in [-0.15, -0.1) is 11.3 Å². The van der Waals surface area contributed by atoms with Crippen LogP contribution >= 0.6 is 11.3 Å². The number of unbranched alkanes of at least 4 members (excludes halogenated alkanes) is 10. The molecule has 2 heterocycles. The van der Waals surface area contributed by atoms with Gasteiger partial charge in [-0.05, 0) is 65.1 Å². The Morgan fingerprint density at radius 3 is 2.28 bits per heavy atom. The van der Waals surface area contributed by atoms with Gasteiger partial charge in [-0.2, -0.15) is 0 Å². The molecule has 0 saturated heterocycles. The Morgan fingerprint density at radius 1 is 0.972 bits per heavy atom. The zero-order valence-corrected chi connectivity index (χ0v) is 24.3. The van der Waals surface area contributed by atoms with Crippen LogP contribution in [0.15, 0.2) is 12.2 Å². The van der Waals surface area contributed by atoms with Gasteiger partial charge in [-0.3, -0.25) is 9.59 Å². The van der Waals surface area contributed by atoms with Crippen LogP contribution < -0.4 is 5.32 Å². The molecule has 0 spiro atoms. The molecule has 2 rings (SSSR count). The number of thiophene rings is 1. The van der Waals surface area contributed by atoms with Crippen LogP contribution in [0.1, 0.15) is 116 Å². The molecule has 1 aromatic rings. The summed E-state index contributed by atoms with van der Waals surface area (Å²) in [5.41, 5.74) is 2.01. The minimum Gasteiger partial charge on any atom is -0.351 e. The highest BCUT2D eigenvalue weighted by Gasteiger charge is 2.28. The van der Waals surface area contributed by atoms with Crippen molar-refractivity contribution in [1.82, 2.24) is 15.1 Å². The molecule has 1 aliphatic rings. The molecular formula is C30H51N3O2S. The molecule has 0 aromatic carbocycles. The molecule has 0 saturated carbocycles. The number of allylic oxidation sites excluding steroid dienone is 2. The second-order valence-electron chi connectivity index (χ2n) is 10.5. The van der Waals surface area contributed by atoms with E-state index < -0.39 is 0 Å². The fourth-order valence-electron chi connectivity index (χ4n) is 4.86. The van der Waals surface area contributed by atoms with Crippen molar-refractivity contribution in [2.24, 2.45) is 0 Å². The molecule has 2 amide bonds. The lowest BCUT2D eigenvalue weighted by Crippen LogP contribution is -2.36. The van der Waals surface area contributed by atoms with Gasteiger partial charge in [-0.25, -0.2) is 0 Å². The number of carbonyl (C=O) groups is 2. The maximum absolute atomic E-state index is 12.8. The van der Waals surface area contributed by atoms with Gasteiger partial charge >= 0.3 is 0 Å². The van der Waals surface area contributed by atoms with E-state index in [-0.39, 0.29) is 11.8 Å². The number of hydrogen-bond acceptors (Lipinski definition) is 4. The topological polar surface area (TPSA) is 52.7 Å². The molecule has 1 N–H and O–H groups in total. The van der Waals surface area contributed by atoms with Crippen LogP contribution in [0.2, 0.25) is 0 Å². The van der Waals surface area contributed by atoms with Crippen molar-refractivity contribution in [3.8, 4) is 0 Å². The number of nitrogens with one attached hydrogen (secondary N) is 1. The number of rotatable bonds is 18. The van der Waals surface area contributed by atoms with Crippen molar-refractivity contribution in [3.05, 3.63) is 33.0 Å². The maximum atomic E-state index is 12.8. The first-order valence-corrected chi connectivity index (χ1v) is 15.2. The van der Waals surface area contributed by atoms with E-state index in [0.717, 1.165) is 48.4 Å². The maximum Gasteiger partial charge on any atom is 0.252 e. The van der Waals surface area contributed by atoms with Gasteiger partial charge in [0.25, 0.3) is 5.91 Å². The molecule has 0 radical (unpaired) electrons. The molecule has 0 fully saturated rings. The Kier molecular flexibility index (Phi) is 15.1. The Labute approximate surface area is 224 Å². The van der Waals surface area contributed by atoms with Crippen molar-refractivity contribution in [2.75, 3.05) is 33.7 Å². The smallest absolute Gasteiger partial charge is 0.252 e. The van der Waals surface area contributed by atoms with E-state index >= 15 is 0 Å². The van der Waals surface area contributed by atoms with E-state index in [9.17, 15) is 9.59 Å². The molecule has 0 atom stereocenters. The summed E-state index contributed by atoms with van der Waals surface area (Å²) < 4.78 is 0. The van der Waals surface area contributed by atoms with Crippen LogP contribution in [0.25, 0.3) is 0 Å². The zero-order chi connectivity index (χ0) is 26.2. The monoisotopic (exact) mass is 517 g/mol. The first-order valence-electron chi connectivity index (χ1n) is 14.4. The number of hydrogen-bond donors (Lipinski definition) is 1. The highest BCUT2D eigenvalue weighted by Crippen LogP contribution is 2.33. The quantitative estimate of drug-likeness (QED) is 0.171. The average Bonchev–Trinajstić information content (AvgIpc) is 3.18. The van der Waals surface area contributed by atoms with Crippen molar-refractivity contribution in [1.29, 1.82) is 0 Å². The number of nitrogens with zero attached hydrogens (tertiary/aromatic N) is 2. The van der Waals surface area contributed by atoms with E-state index in [1.165, 1.54) is 69.1 Å². The lowest BCUT2D eigenvalue weighted by atomic mass is 10.0. The summed E-state index contributed by atoms with van der Waals surface area (Å²) in [5, 5.41) is 3.05. The SMILES string of the molecule is CCCCCCC/C=C\CCCCCCCC(=O)N1CCc2c(sc(C)c2C(=O)NCCN(C)C)C1. The lowest BCUT2D eigenvalue weighted by Gasteiger charge is -2.27. The zero-order valence-electron chi connectivity index (χ0n) is 23.5. The number of carbonyl (C=O) groups excluding carboxylic acids is 2. The van der Waals surface area contributed by atoms with E-state index in [2.05, 4.69) is 29.3 Å². The summed E-state index contributed by atoms with van der Waals surface area (Å²) in [7, 11) is 4.01. The lowest BCUT2D eigenvalue weighted by molar-refractivity contribution is -0.132. The molecular weight excluding hydrogens is 466 g/mol. The first-order chi connectivity index (χ1) is 17.4. The predicted octanol–water partition coefficient (Wildman–Crippen LogP) is 6.88. The second-order valence-corrected chi connectivity index (χ2v) is 11.8. The predicted molar refractivity (Wildman–Crippen MR) is 154 cm³/mol. The average molecular weight is 518 g/mol. The van der Waals surface area contributed by atoms with Crippen molar-refractivity contribution in [3.63, 3.8) is 0 Å². The molecule has 0 bridgehead atoms. The van der Waals surface area contributed by atoms with Crippen LogP contribution in [0.3, 0.4) is 0 Å². The van der Waals surface area contributed by atoms with Crippen molar-refractivity contribution in [2.45, 2.75) is 110 Å². The molecule has 6 heteroatoms. The number of likely N-dealkylation sites (N-methyl/N-ethyl adjacent to an activating group) is 1. The Morgan fingerprint density at radius 2 is 1.61 bits per heavy atom. The van der Waals surface area contributed by atoms with Crippen LogP contribution in [-0.2, 0) is 17.8 Å². The number of fused-ring (bicyclic) bond motifs is 1. The van der Waals surface area contributed by atoms with E-state index in [1.807, 2.05) is 25.9 Å². The van der Waals surface area contributed by atoms with Crippen LogP contribution in [0.4, 0.5) is 0 Å². The number of aryl methyl sites for hydroxylation is 1. The third-order valence-corrected chi connectivity index (χ3v) is 8.19. The van der Waals surface area contributed by atoms with E-state index in [0.29, 0.717) is 19.5 Å². The summed E-state index contributed by atoms with van der Waals surface area (Å²) >= 11 is 1.68. The number of amides is 2. The largest absolute Gasteiger partial charge is 0.351 e. The van der Waals surface area contributed by atoms with Gasteiger partial charge in [0.2, 0.25) is 5.91 Å².